The minimum absolute atomic E-state index is 0.0447. The number of carbonyl (C=O) groups is 1. The Kier molecular flexibility index (Phi) is 4.22. The molecule has 0 unspecified atom stereocenters. The lowest BCUT2D eigenvalue weighted by molar-refractivity contribution is 0.0677. The Hall–Kier alpha value is -2.69. The normalized spacial score (nSPS) is 15.6. The fourth-order valence-electron chi connectivity index (χ4n) is 3.65. The van der Waals surface area contributed by atoms with Crippen molar-refractivity contribution in [1.29, 1.82) is 0 Å². The average Bonchev–Trinajstić information content (AvgIpc) is 2.98. The van der Waals surface area contributed by atoms with Crippen LogP contribution in [0.1, 0.15) is 29.2 Å². The number of aryl methyl sites for hydroxylation is 1. The van der Waals surface area contributed by atoms with Crippen LogP contribution in [0.4, 0.5) is 0 Å². The highest BCUT2D eigenvalue weighted by Gasteiger charge is 2.25. The molecule has 1 amide bonds. The number of hydrogen-bond acceptors (Lipinski definition) is 3. The summed E-state index contributed by atoms with van der Waals surface area (Å²) in [5, 5.41) is 0. The number of aromatic nitrogens is 3. The Morgan fingerprint density at radius 3 is 2.64 bits per heavy atom. The van der Waals surface area contributed by atoms with E-state index in [9.17, 15) is 4.79 Å². The predicted molar refractivity (Wildman–Crippen MR) is 97.3 cm³/mol. The molecule has 3 aromatic rings. The molecule has 0 N–H and O–H groups in total. The summed E-state index contributed by atoms with van der Waals surface area (Å²) >= 11 is 0. The highest BCUT2D eigenvalue weighted by Crippen LogP contribution is 2.24. The number of nitrogens with zero attached hydrogens (tertiary/aromatic N) is 4. The molecular weight excluding hydrogens is 312 g/mol. The number of amides is 1. The van der Waals surface area contributed by atoms with E-state index in [0.29, 0.717) is 11.6 Å². The van der Waals surface area contributed by atoms with Gasteiger partial charge in [0.1, 0.15) is 11.5 Å². The van der Waals surface area contributed by atoms with E-state index < -0.39 is 0 Å². The third kappa shape index (κ3) is 3.14. The van der Waals surface area contributed by atoms with Gasteiger partial charge in [-0.05, 0) is 49.9 Å². The van der Waals surface area contributed by atoms with E-state index in [4.69, 9.17) is 0 Å². The van der Waals surface area contributed by atoms with Gasteiger partial charge in [-0.3, -0.25) is 9.78 Å². The van der Waals surface area contributed by atoms with Crippen molar-refractivity contribution >= 4 is 16.9 Å². The second-order valence-electron chi connectivity index (χ2n) is 6.71. The van der Waals surface area contributed by atoms with Crippen LogP contribution in [0.25, 0.3) is 11.0 Å². The van der Waals surface area contributed by atoms with E-state index in [0.717, 1.165) is 43.8 Å². The quantitative estimate of drug-likeness (QED) is 0.738. The van der Waals surface area contributed by atoms with E-state index >= 15 is 0 Å². The highest BCUT2D eigenvalue weighted by atomic mass is 16.2. The molecule has 0 bridgehead atoms. The van der Waals surface area contributed by atoms with Crippen molar-refractivity contribution in [2.45, 2.75) is 26.3 Å². The summed E-state index contributed by atoms with van der Waals surface area (Å²) in [5.41, 5.74) is 2.80. The number of para-hydroxylation sites is 2. The monoisotopic (exact) mass is 334 g/mol. The maximum atomic E-state index is 12.5. The molecule has 0 radical (unpaired) electrons. The summed E-state index contributed by atoms with van der Waals surface area (Å²) in [6.07, 6.45) is 3.71. The largest absolute Gasteiger partial charge is 0.337 e. The predicted octanol–water partition coefficient (Wildman–Crippen LogP) is 3.29. The molecular formula is C20H22N4O. The van der Waals surface area contributed by atoms with Gasteiger partial charge in [0.2, 0.25) is 0 Å². The van der Waals surface area contributed by atoms with Crippen molar-refractivity contribution in [2.75, 3.05) is 13.1 Å². The van der Waals surface area contributed by atoms with E-state index in [2.05, 4.69) is 39.7 Å². The molecule has 1 aliphatic heterocycles. The summed E-state index contributed by atoms with van der Waals surface area (Å²) in [5.74, 6) is 1.68. The number of imidazole rings is 1. The number of rotatable bonds is 3. The first-order valence-corrected chi connectivity index (χ1v) is 8.84. The molecule has 5 nitrogen and oxygen atoms in total. The molecule has 1 saturated heterocycles. The van der Waals surface area contributed by atoms with Gasteiger partial charge in [0.05, 0.1) is 11.0 Å². The van der Waals surface area contributed by atoms with Crippen LogP contribution in [0.5, 0.6) is 0 Å². The molecule has 5 heteroatoms. The van der Waals surface area contributed by atoms with E-state index in [-0.39, 0.29) is 5.91 Å². The molecule has 4 rings (SSSR count). The van der Waals surface area contributed by atoms with Gasteiger partial charge >= 0.3 is 0 Å². The SMILES string of the molecule is Cc1nc2ccccc2n1CC1CCN(C(=O)c2ccccn2)CC1. The Bertz CT molecular complexity index is 879. The molecule has 0 aliphatic carbocycles. The third-order valence-corrected chi connectivity index (χ3v) is 5.07. The minimum Gasteiger partial charge on any atom is -0.337 e. The molecule has 1 aromatic carbocycles. The van der Waals surface area contributed by atoms with Crippen LogP contribution in [0, 0.1) is 12.8 Å². The molecule has 128 valence electrons. The van der Waals surface area contributed by atoms with Crippen molar-refractivity contribution in [3.05, 3.63) is 60.2 Å². The van der Waals surface area contributed by atoms with Gasteiger partial charge in [-0.2, -0.15) is 0 Å². The minimum atomic E-state index is 0.0447. The molecule has 0 atom stereocenters. The number of hydrogen-bond donors (Lipinski definition) is 0. The molecule has 0 spiro atoms. The second kappa shape index (κ2) is 6.67. The first-order chi connectivity index (χ1) is 12.2. The molecule has 0 saturated carbocycles. The lowest BCUT2D eigenvalue weighted by Gasteiger charge is -2.32. The van der Waals surface area contributed by atoms with E-state index in [1.807, 2.05) is 23.1 Å². The van der Waals surface area contributed by atoms with Crippen LogP contribution in [0.2, 0.25) is 0 Å². The number of fused-ring (bicyclic) bond motifs is 1. The molecule has 1 aliphatic rings. The van der Waals surface area contributed by atoms with Crippen LogP contribution in [-0.4, -0.2) is 38.4 Å². The zero-order chi connectivity index (χ0) is 17.2. The fraction of sp³-hybridized carbons (Fsp3) is 0.350. The second-order valence-corrected chi connectivity index (χ2v) is 6.71. The Morgan fingerprint density at radius 2 is 1.88 bits per heavy atom. The summed E-state index contributed by atoms with van der Waals surface area (Å²) in [7, 11) is 0. The van der Waals surface area contributed by atoms with Crippen molar-refractivity contribution in [3.63, 3.8) is 0 Å². The zero-order valence-corrected chi connectivity index (χ0v) is 14.4. The molecule has 3 heterocycles. The van der Waals surface area contributed by atoms with E-state index in [1.165, 1.54) is 5.52 Å². The fourth-order valence-corrected chi connectivity index (χ4v) is 3.65. The highest BCUT2D eigenvalue weighted by molar-refractivity contribution is 5.92. The van der Waals surface area contributed by atoms with Crippen LogP contribution >= 0.6 is 0 Å². The van der Waals surface area contributed by atoms with Gasteiger partial charge in [-0.25, -0.2) is 4.98 Å². The van der Waals surface area contributed by atoms with Gasteiger partial charge in [-0.1, -0.05) is 18.2 Å². The first-order valence-electron chi connectivity index (χ1n) is 8.84. The first kappa shape index (κ1) is 15.8. The number of piperidine rings is 1. The van der Waals surface area contributed by atoms with Gasteiger partial charge < -0.3 is 9.47 Å². The average molecular weight is 334 g/mol. The van der Waals surface area contributed by atoms with Crippen molar-refractivity contribution in [2.24, 2.45) is 5.92 Å². The van der Waals surface area contributed by atoms with Crippen LogP contribution < -0.4 is 0 Å². The van der Waals surface area contributed by atoms with Crippen LogP contribution in [-0.2, 0) is 6.54 Å². The van der Waals surface area contributed by atoms with Crippen LogP contribution in [0.3, 0.4) is 0 Å². The number of pyridine rings is 1. The smallest absolute Gasteiger partial charge is 0.272 e. The van der Waals surface area contributed by atoms with Crippen molar-refractivity contribution < 1.29 is 4.79 Å². The van der Waals surface area contributed by atoms with E-state index in [1.54, 1.807) is 12.3 Å². The Balaban J connectivity index is 1.42. The summed E-state index contributed by atoms with van der Waals surface area (Å²) < 4.78 is 2.32. The number of benzene rings is 1. The topological polar surface area (TPSA) is 51.0 Å². The maximum Gasteiger partial charge on any atom is 0.272 e. The third-order valence-electron chi connectivity index (χ3n) is 5.07. The maximum absolute atomic E-state index is 12.5. The lowest BCUT2D eigenvalue weighted by Crippen LogP contribution is -2.39. The number of likely N-dealkylation sites (tertiary alicyclic amines) is 1. The summed E-state index contributed by atoms with van der Waals surface area (Å²) in [6.45, 7) is 4.63. The zero-order valence-electron chi connectivity index (χ0n) is 14.4. The standard InChI is InChI=1S/C20H22N4O/c1-15-22-17-6-2-3-8-19(17)24(15)14-16-9-12-23(13-10-16)20(25)18-7-4-5-11-21-18/h2-8,11,16H,9-10,12-14H2,1H3. The summed E-state index contributed by atoms with van der Waals surface area (Å²) in [6, 6.07) is 13.8. The molecule has 2 aromatic heterocycles. The van der Waals surface area contributed by atoms with Crippen molar-refractivity contribution in [3.8, 4) is 0 Å². The Labute approximate surface area is 147 Å². The Morgan fingerprint density at radius 1 is 1.12 bits per heavy atom. The van der Waals surface area contributed by atoms with Crippen molar-refractivity contribution in [1.82, 2.24) is 19.4 Å². The van der Waals surface area contributed by atoms with Gasteiger partial charge in [-0.15, -0.1) is 0 Å². The molecule has 1 fully saturated rings. The van der Waals surface area contributed by atoms with Gasteiger partial charge in [0, 0.05) is 25.8 Å². The van der Waals surface area contributed by atoms with Crippen LogP contribution in [0.15, 0.2) is 48.7 Å². The number of carbonyl (C=O) groups excluding carboxylic acids is 1. The van der Waals surface area contributed by atoms with Gasteiger partial charge in [0.15, 0.2) is 0 Å². The van der Waals surface area contributed by atoms with Gasteiger partial charge in [0.25, 0.3) is 5.91 Å². The lowest BCUT2D eigenvalue weighted by atomic mass is 9.96. The summed E-state index contributed by atoms with van der Waals surface area (Å²) in [4.78, 5) is 23.3. The molecule has 25 heavy (non-hydrogen) atoms.